The molecule has 0 aromatic heterocycles. The molecule has 0 heterocycles. The number of carbonyl (C=O) groups is 1. The molecule has 0 saturated carbocycles. The highest BCUT2D eigenvalue weighted by molar-refractivity contribution is 5.85. The van der Waals surface area contributed by atoms with Gasteiger partial charge in [-0.2, -0.15) is 13.2 Å². The lowest BCUT2D eigenvalue weighted by molar-refractivity contribution is -0.140. The van der Waals surface area contributed by atoms with Gasteiger partial charge in [0.15, 0.2) is 0 Å². The van der Waals surface area contributed by atoms with Crippen LogP contribution < -0.4 is 5.73 Å². The molecule has 0 aliphatic heterocycles. The number of ether oxygens (including phenoxy) is 1. The van der Waals surface area contributed by atoms with E-state index in [4.69, 9.17) is 10.5 Å². The molecule has 0 bridgehead atoms. The second-order valence-electron chi connectivity index (χ2n) is 4.41. The molecule has 120 valence electrons. The van der Waals surface area contributed by atoms with E-state index < -0.39 is 23.7 Å². The van der Waals surface area contributed by atoms with Crippen LogP contribution in [-0.4, -0.2) is 37.6 Å². The Kier molecular flexibility index (Phi) is 7.70. The predicted molar refractivity (Wildman–Crippen MR) is 75.0 cm³/mol. The maximum atomic E-state index is 12.8. The third-order valence-electron chi connectivity index (χ3n) is 2.77. The van der Waals surface area contributed by atoms with E-state index in [1.54, 1.807) is 0 Å². The van der Waals surface area contributed by atoms with Gasteiger partial charge in [-0.3, -0.25) is 4.79 Å². The lowest BCUT2D eigenvalue weighted by Crippen LogP contribution is -2.44. The van der Waals surface area contributed by atoms with Crippen LogP contribution in [0.2, 0.25) is 0 Å². The molecule has 0 fully saturated rings. The number of nitrogens with zero attached hydrogens (tertiary/aromatic N) is 1. The van der Waals surface area contributed by atoms with Crippen LogP contribution >= 0.6 is 12.4 Å². The van der Waals surface area contributed by atoms with E-state index in [1.165, 1.54) is 32.4 Å². The summed E-state index contributed by atoms with van der Waals surface area (Å²) in [5.41, 5.74) is 4.85. The van der Waals surface area contributed by atoms with Gasteiger partial charge in [0, 0.05) is 20.7 Å². The number of nitrogens with two attached hydrogens (primary N) is 1. The summed E-state index contributed by atoms with van der Waals surface area (Å²) >= 11 is 0. The van der Waals surface area contributed by atoms with Crippen molar-refractivity contribution in [1.82, 2.24) is 4.90 Å². The zero-order chi connectivity index (χ0) is 15.3. The molecule has 21 heavy (non-hydrogen) atoms. The Morgan fingerprint density at radius 3 is 2.48 bits per heavy atom. The molecule has 1 aromatic rings. The van der Waals surface area contributed by atoms with Gasteiger partial charge in [-0.05, 0) is 11.6 Å². The molecule has 1 atom stereocenters. The summed E-state index contributed by atoms with van der Waals surface area (Å²) in [7, 11) is 2.80. The molecule has 0 spiro atoms. The van der Waals surface area contributed by atoms with Crippen LogP contribution in [0.15, 0.2) is 24.3 Å². The molecule has 1 amide bonds. The summed E-state index contributed by atoms with van der Waals surface area (Å²) in [6.07, 6.45) is -4.45. The van der Waals surface area contributed by atoms with E-state index in [0.717, 1.165) is 11.0 Å². The molecule has 8 heteroatoms. The summed E-state index contributed by atoms with van der Waals surface area (Å²) in [5.74, 6) is -0.469. The number of methoxy groups -OCH3 is 1. The first-order valence-corrected chi connectivity index (χ1v) is 5.92. The number of alkyl halides is 3. The maximum absolute atomic E-state index is 12.8. The van der Waals surface area contributed by atoms with Gasteiger partial charge < -0.3 is 15.4 Å². The molecule has 0 aliphatic carbocycles. The average molecular weight is 327 g/mol. The fourth-order valence-corrected chi connectivity index (χ4v) is 1.80. The van der Waals surface area contributed by atoms with Crippen LogP contribution in [0.4, 0.5) is 13.2 Å². The SMILES string of the molecule is COCC(N)C(=O)N(C)Cc1ccccc1C(F)(F)F.Cl. The number of carbonyl (C=O) groups excluding carboxylic acids is 1. The highest BCUT2D eigenvalue weighted by Gasteiger charge is 2.33. The molecule has 2 N–H and O–H groups in total. The Balaban J connectivity index is 0.00000400. The van der Waals surface area contributed by atoms with Gasteiger partial charge >= 0.3 is 6.18 Å². The minimum atomic E-state index is -4.45. The van der Waals surface area contributed by atoms with Gasteiger partial charge in [0.1, 0.15) is 6.04 Å². The van der Waals surface area contributed by atoms with E-state index in [9.17, 15) is 18.0 Å². The zero-order valence-electron chi connectivity index (χ0n) is 11.7. The third-order valence-corrected chi connectivity index (χ3v) is 2.77. The van der Waals surface area contributed by atoms with Crippen LogP contribution in [-0.2, 0) is 22.3 Å². The summed E-state index contributed by atoms with van der Waals surface area (Å²) in [4.78, 5) is 13.0. The van der Waals surface area contributed by atoms with Crippen molar-refractivity contribution in [2.45, 2.75) is 18.8 Å². The monoisotopic (exact) mass is 326 g/mol. The van der Waals surface area contributed by atoms with Gasteiger partial charge in [0.2, 0.25) is 5.91 Å². The Morgan fingerprint density at radius 2 is 1.95 bits per heavy atom. The van der Waals surface area contributed by atoms with Crippen LogP contribution in [0.5, 0.6) is 0 Å². The Bertz CT molecular complexity index is 469. The highest BCUT2D eigenvalue weighted by atomic mass is 35.5. The summed E-state index contributed by atoms with van der Waals surface area (Å²) in [6, 6.07) is 4.25. The molecule has 0 radical (unpaired) electrons. The van der Waals surface area contributed by atoms with Crippen molar-refractivity contribution < 1.29 is 22.7 Å². The van der Waals surface area contributed by atoms with Gasteiger partial charge in [-0.25, -0.2) is 0 Å². The number of amides is 1. The fraction of sp³-hybridized carbons (Fsp3) is 0.462. The maximum Gasteiger partial charge on any atom is 0.416 e. The van der Waals surface area contributed by atoms with E-state index in [-0.39, 0.29) is 31.1 Å². The van der Waals surface area contributed by atoms with Gasteiger partial charge in [0.25, 0.3) is 0 Å². The fourth-order valence-electron chi connectivity index (χ4n) is 1.80. The second kappa shape index (κ2) is 8.21. The molecule has 0 aliphatic rings. The minimum Gasteiger partial charge on any atom is -0.383 e. The standard InChI is InChI=1S/C13H17F3N2O2.ClH/c1-18(12(19)11(17)8-20-2)7-9-5-3-4-6-10(9)13(14,15)16;/h3-6,11H,7-8,17H2,1-2H3;1H. The van der Waals surface area contributed by atoms with Crippen LogP contribution in [0.3, 0.4) is 0 Å². The normalized spacial score (nSPS) is 12.5. The van der Waals surface area contributed by atoms with E-state index >= 15 is 0 Å². The number of halogens is 4. The number of likely N-dealkylation sites (N-methyl/N-ethyl adjacent to an activating group) is 1. The largest absolute Gasteiger partial charge is 0.416 e. The van der Waals surface area contributed by atoms with Crippen molar-refractivity contribution in [3.8, 4) is 0 Å². The minimum absolute atomic E-state index is 0. The molecule has 0 saturated heterocycles. The van der Waals surface area contributed by atoms with Crippen LogP contribution in [0.25, 0.3) is 0 Å². The van der Waals surface area contributed by atoms with E-state index in [0.29, 0.717) is 0 Å². The van der Waals surface area contributed by atoms with Gasteiger partial charge in [0.05, 0.1) is 12.2 Å². The van der Waals surface area contributed by atoms with Crippen molar-refractivity contribution >= 4 is 18.3 Å². The summed E-state index contributed by atoms with van der Waals surface area (Å²) in [6.45, 7) is -0.143. The van der Waals surface area contributed by atoms with Crippen LogP contribution in [0.1, 0.15) is 11.1 Å². The smallest absolute Gasteiger partial charge is 0.383 e. The van der Waals surface area contributed by atoms with Crippen molar-refractivity contribution in [2.24, 2.45) is 5.73 Å². The van der Waals surface area contributed by atoms with Crippen molar-refractivity contribution in [1.29, 1.82) is 0 Å². The zero-order valence-corrected chi connectivity index (χ0v) is 12.5. The first-order chi connectivity index (χ1) is 9.27. The number of hydrogen-bond acceptors (Lipinski definition) is 3. The Hall–Kier alpha value is -1.31. The first kappa shape index (κ1) is 19.7. The van der Waals surface area contributed by atoms with Crippen molar-refractivity contribution in [3.05, 3.63) is 35.4 Å². The third kappa shape index (κ3) is 5.53. The van der Waals surface area contributed by atoms with Gasteiger partial charge in [-0.1, -0.05) is 18.2 Å². The summed E-state index contributed by atoms with van der Waals surface area (Å²) < 4.78 is 43.2. The predicted octanol–water partition coefficient (Wildman–Crippen LogP) is 2.06. The van der Waals surface area contributed by atoms with E-state index in [2.05, 4.69) is 0 Å². The second-order valence-corrected chi connectivity index (χ2v) is 4.41. The molecule has 1 rings (SSSR count). The summed E-state index contributed by atoms with van der Waals surface area (Å²) in [5, 5.41) is 0. The quantitative estimate of drug-likeness (QED) is 0.901. The van der Waals surface area contributed by atoms with E-state index in [1.807, 2.05) is 0 Å². The lowest BCUT2D eigenvalue weighted by Gasteiger charge is -2.22. The lowest BCUT2D eigenvalue weighted by atomic mass is 10.1. The van der Waals surface area contributed by atoms with Gasteiger partial charge in [-0.15, -0.1) is 12.4 Å². The molecular weight excluding hydrogens is 309 g/mol. The Labute approximate surface area is 127 Å². The number of hydrogen-bond donors (Lipinski definition) is 1. The number of rotatable bonds is 5. The first-order valence-electron chi connectivity index (χ1n) is 5.92. The molecule has 1 aromatic carbocycles. The van der Waals surface area contributed by atoms with Crippen molar-refractivity contribution in [2.75, 3.05) is 20.8 Å². The molecular formula is C13H18ClF3N2O2. The number of benzene rings is 1. The van der Waals surface area contributed by atoms with Crippen molar-refractivity contribution in [3.63, 3.8) is 0 Å². The Morgan fingerprint density at radius 1 is 1.38 bits per heavy atom. The van der Waals surface area contributed by atoms with Crippen LogP contribution in [0, 0.1) is 0 Å². The average Bonchev–Trinajstić information content (AvgIpc) is 2.37. The molecule has 4 nitrogen and oxygen atoms in total. The highest BCUT2D eigenvalue weighted by Crippen LogP contribution is 2.32. The molecule has 1 unspecified atom stereocenters. The topological polar surface area (TPSA) is 55.6 Å².